The van der Waals surface area contributed by atoms with Crippen LogP contribution in [0.5, 0.6) is 5.75 Å². The lowest BCUT2D eigenvalue weighted by molar-refractivity contribution is -0.384. The number of benzene rings is 1. The summed E-state index contributed by atoms with van der Waals surface area (Å²) in [4.78, 5) is 22.9. The SMILES string of the molecule is COc1cc([N+](=O)[O-])c(NC(=O)OC(C)(C)C)cc1-c1c(C)noc1C. The Morgan fingerprint density at radius 3 is 2.42 bits per heavy atom. The van der Waals surface area contributed by atoms with Gasteiger partial charge >= 0.3 is 6.09 Å². The van der Waals surface area contributed by atoms with Gasteiger partial charge in [0, 0.05) is 5.56 Å². The molecule has 26 heavy (non-hydrogen) atoms. The van der Waals surface area contributed by atoms with Gasteiger partial charge in [-0.15, -0.1) is 0 Å². The number of methoxy groups -OCH3 is 1. The molecule has 0 fully saturated rings. The summed E-state index contributed by atoms with van der Waals surface area (Å²) in [7, 11) is 1.40. The van der Waals surface area contributed by atoms with E-state index in [0.29, 0.717) is 22.6 Å². The highest BCUT2D eigenvalue weighted by Crippen LogP contribution is 2.41. The van der Waals surface area contributed by atoms with E-state index in [1.54, 1.807) is 34.6 Å². The van der Waals surface area contributed by atoms with E-state index in [-0.39, 0.29) is 17.1 Å². The second-order valence-corrected chi connectivity index (χ2v) is 6.65. The summed E-state index contributed by atoms with van der Waals surface area (Å²) in [6, 6.07) is 2.70. The van der Waals surface area contributed by atoms with E-state index in [1.807, 2.05) is 0 Å². The number of nitro groups is 1. The highest BCUT2D eigenvalue weighted by atomic mass is 16.6. The molecule has 0 spiro atoms. The zero-order chi connectivity index (χ0) is 19.6. The molecule has 9 heteroatoms. The second kappa shape index (κ2) is 7.03. The molecule has 1 heterocycles. The van der Waals surface area contributed by atoms with Gasteiger partial charge in [0.05, 0.1) is 29.4 Å². The molecule has 0 saturated heterocycles. The van der Waals surface area contributed by atoms with Crippen LogP contribution in [0.25, 0.3) is 11.1 Å². The number of nitrogens with one attached hydrogen (secondary N) is 1. The van der Waals surface area contributed by atoms with Crippen LogP contribution in [0.4, 0.5) is 16.2 Å². The number of aryl methyl sites for hydroxylation is 2. The first-order valence-electron chi connectivity index (χ1n) is 7.83. The van der Waals surface area contributed by atoms with Crippen molar-refractivity contribution in [2.45, 2.75) is 40.2 Å². The number of hydrogen-bond acceptors (Lipinski definition) is 7. The molecule has 1 aromatic heterocycles. The van der Waals surface area contributed by atoms with Gasteiger partial charge in [0.2, 0.25) is 0 Å². The van der Waals surface area contributed by atoms with Gasteiger partial charge in [0.15, 0.2) is 0 Å². The maximum Gasteiger partial charge on any atom is 0.412 e. The summed E-state index contributed by atoms with van der Waals surface area (Å²) >= 11 is 0. The van der Waals surface area contributed by atoms with Gasteiger partial charge in [0.25, 0.3) is 5.69 Å². The van der Waals surface area contributed by atoms with Crippen molar-refractivity contribution in [2.75, 3.05) is 12.4 Å². The largest absolute Gasteiger partial charge is 0.496 e. The van der Waals surface area contributed by atoms with Crippen LogP contribution >= 0.6 is 0 Å². The predicted octanol–water partition coefficient (Wildman–Crippen LogP) is 4.22. The Morgan fingerprint density at radius 1 is 1.31 bits per heavy atom. The topological polar surface area (TPSA) is 117 Å². The number of nitrogens with zero attached hydrogens (tertiary/aromatic N) is 2. The fourth-order valence-electron chi connectivity index (χ4n) is 2.47. The van der Waals surface area contributed by atoms with Crippen LogP contribution in [0, 0.1) is 24.0 Å². The number of aromatic nitrogens is 1. The van der Waals surface area contributed by atoms with Crippen molar-refractivity contribution in [1.29, 1.82) is 0 Å². The van der Waals surface area contributed by atoms with Crippen molar-refractivity contribution in [3.63, 3.8) is 0 Å². The van der Waals surface area contributed by atoms with Crippen LogP contribution < -0.4 is 10.1 Å². The Balaban J connectivity index is 2.58. The first-order valence-corrected chi connectivity index (χ1v) is 7.83. The lowest BCUT2D eigenvalue weighted by Gasteiger charge is -2.20. The average Bonchev–Trinajstić information content (AvgIpc) is 2.83. The van der Waals surface area contributed by atoms with E-state index in [4.69, 9.17) is 14.0 Å². The summed E-state index contributed by atoms with van der Waals surface area (Å²) < 4.78 is 15.6. The first kappa shape index (κ1) is 19.2. The van der Waals surface area contributed by atoms with Crippen LogP contribution in [0.1, 0.15) is 32.2 Å². The lowest BCUT2D eigenvalue weighted by atomic mass is 10.0. The number of ether oxygens (including phenoxy) is 2. The molecule has 140 valence electrons. The molecule has 2 rings (SSSR count). The summed E-state index contributed by atoms with van der Waals surface area (Å²) in [5, 5.41) is 17.7. The third-order valence-electron chi connectivity index (χ3n) is 3.45. The van der Waals surface area contributed by atoms with E-state index in [2.05, 4.69) is 10.5 Å². The number of nitro benzene ring substituents is 1. The number of amides is 1. The molecule has 0 aliphatic carbocycles. The van der Waals surface area contributed by atoms with Crippen molar-refractivity contribution in [3.8, 4) is 16.9 Å². The maximum atomic E-state index is 12.1. The van der Waals surface area contributed by atoms with Gasteiger partial charge in [-0.3, -0.25) is 15.4 Å². The Hall–Kier alpha value is -3.10. The van der Waals surface area contributed by atoms with E-state index in [1.165, 1.54) is 19.2 Å². The molecule has 0 atom stereocenters. The Kier molecular flexibility index (Phi) is 5.20. The minimum atomic E-state index is -0.796. The first-order chi connectivity index (χ1) is 12.0. The van der Waals surface area contributed by atoms with Crippen LogP contribution in [0.2, 0.25) is 0 Å². The molecule has 0 aliphatic rings. The zero-order valence-corrected chi connectivity index (χ0v) is 15.5. The number of rotatable bonds is 4. The summed E-state index contributed by atoms with van der Waals surface area (Å²) in [5.74, 6) is 0.790. The van der Waals surface area contributed by atoms with Gasteiger partial charge in [0.1, 0.15) is 22.8 Å². The summed E-state index contributed by atoms with van der Waals surface area (Å²) in [6.45, 7) is 8.56. The fourth-order valence-corrected chi connectivity index (χ4v) is 2.47. The molecular formula is C17H21N3O6. The minimum absolute atomic E-state index is 0.0138. The fraction of sp³-hybridized carbons (Fsp3) is 0.412. The van der Waals surface area contributed by atoms with Gasteiger partial charge in [-0.05, 0) is 40.7 Å². The van der Waals surface area contributed by atoms with Crippen molar-refractivity contribution in [3.05, 3.63) is 33.7 Å². The Bertz CT molecular complexity index is 831. The lowest BCUT2D eigenvalue weighted by Crippen LogP contribution is -2.27. The van der Waals surface area contributed by atoms with E-state index in [9.17, 15) is 14.9 Å². The monoisotopic (exact) mass is 363 g/mol. The predicted molar refractivity (Wildman–Crippen MR) is 94.5 cm³/mol. The van der Waals surface area contributed by atoms with Crippen LogP contribution in [0.15, 0.2) is 16.7 Å². The molecule has 1 aromatic carbocycles. The molecule has 0 saturated carbocycles. The molecule has 2 aromatic rings. The molecule has 9 nitrogen and oxygen atoms in total. The van der Waals surface area contributed by atoms with Gasteiger partial charge in [-0.1, -0.05) is 5.16 Å². The molecule has 1 N–H and O–H groups in total. The van der Waals surface area contributed by atoms with E-state index in [0.717, 1.165) is 0 Å². The second-order valence-electron chi connectivity index (χ2n) is 6.65. The smallest absolute Gasteiger partial charge is 0.412 e. The van der Waals surface area contributed by atoms with Crippen molar-refractivity contribution >= 4 is 17.5 Å². The third kappa shape index (κ3) is 4.11. The molecule has 0 unspecified atom stereocenters. The molecule has 0 radical (unpaired) electrons. The zero-order valence-electron chi connectivity index (χ0n) is 15.5. The van der Waals surface area contributed by atoms with Gasteiger partial charge in [-0.25, -0.2) is 4.79 Å². The molecule has 1 amide bonds. The van der Waals surface area contributed by atoms with E-state index >= 15 is 0 Å². The number of carbonyl (C=O) groups is 1. The van der Waals surface area contributed by atoms with Crippen molar-refractivity contribution < 1.29 is 23.7 Å². The van der Waals surface area contributed by atoms with Crippen molar-refractivity contribution in [2.24, 2.45) is 0 Å². The molecule has 0 bridgehead atoms. The van der Waals surface area contributed by atoms with Gasteiger partial charge in [-0.2, -0.15) is 0 Å². The molecular weight excluding hydrogens is 342 g/mol. The van der Waals surface area contributed by atoms with Crippen LogP contribution in [-0.4, -0.2) is 28.9 Å². The summed E-state index contributed by atoms with van der Waals surface area (Å²) in [5.41, 5.74) is 0.682. The summed E-state index contributed by atoms with van der Waals surface area (Å²) in [6.07, 6.45) is -0.796. The van der Waals surface area contributed by atoms with Crippen molar-refractivity contribution in [1.82, 2.24) is 5.16 Å². The Labute approximate surface area is 150 Å². The highest BCUT2D eigenvalue weighted by molar-refractivity contribution is 5.91. The highest BCUT2D eigenvalue weighted by Gasteiger charge is 2.26. The number of hydrogen-bond donors (Lipinski definition) is 1. The number of anilines is 1. The average molecular weight is 363 g/mol. The van der Waals surface area contributed by atoms with E-state index < -0.39 is 16.6 Å². The number of carbonyl (C=O) groups excluding carboxylic acids is 1. The minimum Gasteiger partial charge on any atom is -0.496 e. The van der Waals surface area contributed by atoms with Crippen LogP contribution in [-0.2, 0) is 4.74 Å². The van der Waals surface area contributed by atoms with Crippen LogP contribution in [0.3, 0.4) is 0 Å². The molecule has 0 aliphatic heterocycles. The quantitative estimate of drug-likeness (QED) is 0.638. The Morgan fingerprint density at radius 2 is 1.96 bits per heavy atom. The normalized spacial score (nSPS) is 11.2. The standard InChI is InChI=1S/C17H21N3O6/c1-9-15(10(2)26-19-9)11-7-12(18-16(21)25-17(3,4)5)13(20(22)23)8-14(11)24-6/h7-8H,1-6H3,(H,18,21). The maximum absolute atomic E-state index is 12.1. The van der Waals surface area contributed by atoms with Gasteiger partial charge < -0.3 is 14.0 Å². The third-order valence-corrected chi connectivity index (χ3v) is 3.45.